The summed E-state index contributed by atoms with van der Waals surface area (Å²) >= 11 is 5.38. The maximum absolute atomic E-state index is 9.34. The highest BCUT2D eigenvalue weighted by molar-refractivity contribution is 7.80. The van der Waals surface area contributed by atoms with Gasteiger partial charge in [-0.1, -0.05) is 48.6 Å². The number of aromatic hydroxyl groups is 1. The lowest BCUT2D eigenvalue weighted by Crippen LogP contribution is -2.02. The second kappa shape index (κ2) is 4.97. The number of nitrogens with two attached hydrogens (primary N) is 1. The Kier molecular flexibility index (Phi) is 3.40. The maximum atomic E-state index is 9.34. The molecule has 0 aromatic heterocycles. The number of rotatable bonds is 3. The molecule has 0 atom stereocenters. The number of anilines is 1. The molecule has 3 N–H and O–H groups in total. The molecule has 0 bridgehead atoms. The van der Waals surface area contributed by atoms with Gasteiger partial charge < -0.3 is 10.8 Å². The molecule has 0 spiro atoms. The van der Waals surface area contributed by atoms with Gasteiger partial charge in [-0.05, 0) is 23.3 Å². The quantitative estimate of drug-likeness (QED) is 0.377. The maximum Gasteiger partial charge on any atom is 0.138 e. The molecule has 0 heterocycles. The highest BCUT2D eigenvalue weighted by Crippen LogP contribution is 2.21. The van der Waals surface area contributed by atoms with Gasteiger partial charge in [0.25, 0.3) is 0 Å². The molecule has 0 fully saturated rings. The Morgan fingerprint density at radius 2 is 1.82 bits per heavy atom. The molecule has 86 valence electrons. The summed E-state index contributed by atoms with van der Waals surface area (Å²) in [5, 5.41) is 9.34. The summed E-state index contributed by atoms with van der Waals surface area (Å²) in [7, 11) is 0. The number of thiocarbonyl (C=S) groups is 1. The minimum absolute atomic E-state index is 0.111. The third kappa shape index (κ3) is 2.82. The van der Waals surface area contributed by atoms with Gasteiger partial charge in [-0.25, -0.2) is 0 Å². The van der Waals surface area contributed by atoms with Crippen LogP contribution in [0.4, 0.5) is 5.69 Å². The average Bonchev–Trinajstić information content (AvgIpc) is 2.35. The number of phenols is 1. The van der Waals surface area contributed by atoms with Gasteiger partial charge in [0.15, 0.2) is 0 Å². The Morgan fingerprint density at radius 3 is 2.47 bits per heavy atom. The first-order valence-electron chi connectivity index (χ1n) is 5.32. The van der Waals surface area contributed by atoms with Crippen LogP contribution in [0.3, 0.4) is 0 Å². The molecule has 0 unspecified atom stereocenters. The van der Waals surface area contributed by atoms with E-state index in [1.807, 2.05) is 36.4 Å². The van der Waals surface area contributed by atoms with E-state index >= 15 is 0 Å². The Hall–Kier alpha value is -1.87. The van der Waals surface area contributed by atoms with Gasteiger partial charge >= 0.3 is 0 Å². The smallest absolute Gasteiger partial charge is 0.138 e. The molecular weight excluding hydrogens is 230 g/mol. The Balaban J connectivity index is 2.16. The van der Waals surface area contributed by atoms with E-state index in [4.69, 9.17) is 18.0 Å². The molecule has 0 saturated carbocycles. The molecular formula is C14H13NOS. The predicted molar refractivity (Wildman–Crippen MR) is 74.4 cm³/mol. The van der Waals surface area contributed by atoms with Gasteiger partial charge in [-0.15, -0.1) is 0 Å². The van der Waals surface area contributed by atoms with Crippen LogP contribution in [-0.4, -0.2) is 9.97 Å². The lowest BCUT2D eigenvalue weighted by Gasteiger charge is -2.06. The fourth-order valence-corrected chi connectivity index (χ4v) is 1.93. The molecule has 0 saturated heterocycles. The van der Waals surface area contributed by atoms with Crippen molar-refractivity contribution in [3.8, 4) is 5.75 Å². The van der Waals surface area contributed by atoms with E-state index in [1.165, 1.54) is 0 Å². The van der Waals surface area contributed by atoms with Gasteiger partial charge in [0, 0.05) is 11.3 Å². The second-order valence-electron chi connectivity index (χ2n) is 3.86. The lowest BCUT2D eigenvalue weighted by molar-refractivity contribution is 0.478. The Labute approximate surface area is 106 Å². The zero-order chi connectivity index (χ0) is 12.3. The summed E-state index contributed by atoms with van der Waals surface area (Å²) in [6.45, 7) is 0. The number of nitrogen functional groups attached to an aromatic ring is 1. The summed E-state index contributed by atoms with van der Waals surface area (Å²) in [4.78, 5) is 0.871. The van der Waals surface area contributed by atoms with Gasteiger partial charge in [0.1, 0.15) is 5.75 Å². The van der Waals surface area contributed by atoms with Crippen molar-refractivity contribution in [1.82, 2.24) is 0 Å². The van der Waals surface area contributed by atoms with E-state index in [-0.39, 0.29) is 5.75 Å². The molecule has 0 aliphatic heterocycles. The molecule has 3 heteroatoms. The minimum Gasteiger partial charge on any atom is -0.506 e. The zero-order valence-electron chi connectivity index (χ0n) is 9.26. The first-order valence-corrected chi connectivity index (χ1v) is 5.73. The summed E-state index contributed by atoms with van der Waals surface area (Å²) in [6.07, 6.45) is 0.657. The third-order valence-corrected chi connectivity index (χ3v) is 2.93. The van der Waals surface area contributed by atoms with Crippen molar-refractivity contribution in [2.24, 2.45) is 0 Å². The van der Waals surface area contributed by atoms with E-state index in [9.17, 15) is 5.11 Å². The van der Waals surface area contributed by atoms with Crippen LogP contribution in [0.2, 0.25) is 0 Å². The first kappa shape index (κ1) is 11.6. The number of benzene rings is 2. The normalized spacial score (nSPS) is 10.1. The van der Waals surface area contributed by atoms with Crippen LogP contribution in [0.15, 0.2) is 48.5 Å². The number of hydrogen-bond acceptors (Lipinski definition) is 3. The molecule has 2 aromatic rings. The summed E-state index contributed by atoms with van der Waals surface area (Å²) in [6, 6.07) is 15.1. The summed E-state index contributed by atoms with van der Waals surface area (Å²) < 4.78 is 0. The predicted octanol–water partition coefficient (Wildman–Crippen LogP) is 2.94. The summed E-state index contributed by atoms with van der Waals surface area (Å²) in [5.74, 6) is 0.111. The van der Waals surface area contributed by atoms with Crippen molar-refractivity contribution in [1.29, 1.82) is 0 Å². The molecule has 2 rings (SSSR count). The molecule has 17 heavy (non-hydrogen) atoms. The third-order valence-electron chi connectivity index (χ3n) is 2.55. The van der Waals surface area contributed by atoms with Crippen molar-refractivity contribution in [3.63, 3.8) is 0 Å². The highest BCUT2D eigenvalue weighted by Gasteiger charge is 2.04. The van der Waals surface area contributed by atoms with E-state index in [1.54, 1.807) is 12.1 Å². The molecule has 2 aromatic carbocycles. The lowest BCUT2D eigenvalue weighted by atomic mass is 10.0. The van der Waals surface area contributed by atoms with E-state index in [2.05, 4.69) is 0 Å². The van der Waals surface area contributed by atoms with Crippen LogP contribution in [0.1, 0.15) is 11.1 Å². The topological polar surface area (TPSA) is 46.2 Å². The van der Waals surface area contributed by atoms with E-state index in [0.717, 1.165) is 16.0 Å². The second-order valence-corrected chi connectivity index (χ2v) is 4.35. The van der Waals surface area contributed by atoms with E-state index < -0.39 is 0 Å². The van der Waals surface area contributed by atoms with Crippen molar-refractivity contribution >= 4 is 22.8 Å². The SMILES string of the molecule is Nc1cc(CC(=S)c2ccccc2)ccc1O. The molecule has 0 aliphatic rings. The monoisotopic (exact) mass is 243 g/mol. The van der Waals surface area contributed by atoms with Crippen LogP contribution in [-0.2, 0) is 6.42 Å². The van der Waals surface area contributed by atoms with Gasteiger partial charge in [0.05, 0.1) is 5.69 Å². The fourth-order valence-electron chi connectivity index (χ4n) is 1.63. The highest BCUT2D eigenvalue weighted by atomic mass is 32.1. The number of phenolic OH excluding ortho intramolecular Hbond substituents is 1. The average molecular weight is 243 g/mol. The van der Waals surface area contributed by atoms with Gasteiger partial charge in [-0.3, -0.25) is 0 Å². The van der Waals surface area contributed by atoms with Crippen LogP contribution in [0.5, 0.6) is 5.75 Å². The van der Waals surface area contributed by atoms with Crippen LogP contribution < -0.4 is 5.73 Å². The standard InChI is InChI=1S/C14H13NOS/c15-12-8-10(6-7-13(12)16)9-14(17)11-4-2-1-3-5-11/h1-8,16H,9,15H2. The summed E-state index contributed by atoms with van der Waals surface area (Å²) in [5.41, 5.74) is 8.09. The zero-order valence-corrected chi connectivity index (χ0v) is 10.1. The van der Waals surface area contributed by atoms with Gasteiger partial charge in [0.2, 0.25) is 0 Å². The van der Waals surface area contributed by atoms with Crippen molar-refractivity contribution < 1.29 is 5.11 Å². The Morgan fingerprint density at radius 1 is 1.12 bits per heavy atom. The van der Waals surface area contributed by atoms with Crippen LogP contribution in [0.25, 0.3) is 0 Å². The first-order chi connectivity index (χ1) is 8.16. The van der Waals surface area contributed by atoms with Gasteiger partial charge in [-0.2, -0.15) is 0 Å². The molecule has 2 nitrogen and oxygen atoms in total. The number of hydrogen-bond donors (Lipinski definition) is 2. The fraction of sp³-hybridized carbons (Fsp3) is 0.0714. The Bertz CT molecular complexity index is 537. The largest absolute Gasteiger partial charge is 0.506 e. The molecule has 0 radical (unpaired) electrons. The molecule has 0 aliphatic carbocycles. The van der Waals surface area contributed by atoms with Crippen molar-refractivity contribution in [2.45, 2.75) is 6.42 Å². The van der Waals surface area contributed by atoms with Crippen LogP contribution >= 0.6 is 12.2 Å². The van der Waals surface area contributed by atoms with Crippen molar-refractivity contribution in [3.05, 3.63) is 59.7 Å². The van der Waals surface area contributed by atoms with E-state index in [0.29, 0.717) is 12.1 Å². The van der Waals surface area contributed by atoms with Crippen LogP contribution in [0, 0.1) is 0 Å². The minimum atomic E-state index is 0.111. The molecule has 0 amide bonds. The van der Waals surface area contributed by atoms with Crippen molar-refractivity contribution in [2.75, 3.05) is 5.73 Å².